The Morgan fingerprint density at radius 3 is 1.10 bits per heavy atom. The number of hydrogen-bond donors (Lipinski definition) is 0. The van der Waals surface area contributed by atoms with Crippen LogP contribution in [0.25, 0.3) is 24.3 Å². The number of fused-ring (bicyclic) bond motifs is 9. The summed E-state index contributed by atoms with van der Waals surface area (Å²) in [6.45, 7) is 0. The second-order valence-corrected chi connectivity index (χ2v) is 17.8. The Morgan fingerprint density at radius 1 is 0.312 bits per heavy atom. The molecule has 0 amide bonds. The minimum atomic E-state index is 0.675. The molecule has 7 fully saturated rings. The van der Waals surface area contributed by atoms with Crippen LogP contribution >= 0.6 is 0 Å². The number of benzene rings is 2. The largest absolute Gasteiger partial charge is 0.0729 e. The zero-order valence-electron chi connectivity index (χ0n) is 30.3. The van der Waals surface area contributed by atoms with E-state index < -0.39 is 0 Å². The molecule has 7 saturated carbocycles. The average molecular weight is 643 g/mol. The Labute approximate surface area is 293 Å². The van der Waals surface area contributed by atoms with E-state index >= 15 is 0 Å². The van der Waals surface area contributed by atoms with Crippen molar-refractivity contribution in [3.8, 4) is 0 Å². The molecule has 0 aliphatic heterocycles. The lowest BCUT2D eigenvalue weighted by atomic mass is 9.73. The smallest absolute Gasteiger partial charge is 0.00918 e. The van der Waals surface area contributed by atoms with Crippen molar-refractivity contribution >= 4 is 24.3 Å². The van der Waals surface area contributed by atoms with Gasteiger partial charge in [-0.05, 0) is 106 Å². The van der Waals surface area contributed by atoms with E-state index in [1.54, 1.807) is 83.5 Å². The summed E-state index contributed by atoms with van der Waals surface area (Å²) in [4.78, 5) is 0. The van der Waals surface area contributed by atoms with Gasteiger partial charge in [0, 0.05) is 0 Å². The van der Waals surface area contributed by atoms with Crippen LogP contribution in [0.5, 0.6) is 0 Å². The first-order valence-electron chi connectivity index (χ1n) is 21.4. The van der Waals surface area contributed by atoms with Crippen LogP contribution in [0.2, 0.25) is 0 Å². The van der Waals surface area contributed by atoms with E-state index in [0.29, 0.717) is 23.7 Å². The van der Waals surface area contributed by atoms with Gasteiger partial charge in [-0.1, -0.05) is 188 Å². The summed E-state index contributed by atoms with van der Waals surface area (Å²) in [5, 5.41) is 5.70. The minimum Gasteiger partial charge on any atom is -0.0729 e. The van der Waals surface area contributed by atoms with Gasteiger partial charge in [-0.15, -0.1) is 0 Å². The summed E-state index contributed by atoms with van der Waals surface area (Å²) >= 11 is 0. The predicted molar refractivity (Wildman–Crippen MR) is 206 cm³/mol. The van der Waals surface area contributed by atoms with E-state index in [-0.39, 0.29) is 0 Å². The quantitative estimate of drug-likeness (QED) is 0.268. The Morgan fingerprint density at radius 2 is 0.667 bits per heavy atom. The maximum absolute atomic E-state index is 2.53. The van der Waals surface area contributed by atoms with Gasteiger partial charge < -0.3 is 0 Å². The monoisotopic (exact) mass is 643 g/mol. The summed E-state index contributed by atoms with van der Waals surface area (Å²) in [6.07, 6.45) is 43.9. The molecule has 0 nitrogen and oxygen atoms in total. The molecule has 48 heavy (non-hydrogen) atoms. The zero-order valence-corrected chi connectivity index (χ0v) is 30.3. The van der Waals surface area contributed by atoms with Gasteiger partial charge in [0.1, 0.15) is 0 Å². The van der Waals surface area contributed by atoms with E-state index in [1.165, 1.54) is 114 Å². The first kappa shape index (κ1) is 33.1. The molecule has 10 unspecified atom stereocenters. The first-order valence-corrected chi connectivity index (χ1v) is 21.4. The van der Waals surface area contributed by atoms with Crippen molar-refractivity contribution in [1.29, 1.82) is 0 Å². The summed E-state index contributed by atoms with van der Waals surface area (Å²) in [6, 6.07) is 17.6. The van der Waals surface area contributed by atoms with E-state index in [1.807, 2.05) is 0 Å². The molecule has 10 atom stereocenters. The fourth-order valence-electron chi connectivity index (χ4n) is 12.7. The molecule has 0 radical (unpaired) electrons. The minimum absolute atomic E-state index is 0.675. The Balaban J connectivity index is 0.000000106. The zero-order chi connectivity index (χ0) is 32.1. The van der Waals surface area contributed by atoms with Crippen LogP contribution in [0.3, 0.4) is 0 Å². The summed E-state index contributed by atoms with van der Waals surface area (Å²) in [7, 11) is 0. The van der Waals surface area contributed by atoms with E-state index in [2.05, 4.69) is 72.8 Å². The molecule has 0 bridgehead atoms. The standard InChI is InChI=1S/C21H18.C13H22.C9H16.C5H10/c1-3-7-16-12-20-18(9-14(16)5-1)11-19-10-15-6-2-4-8-17(15)13-21(19)20;1-3-7-12-10(5-1)9-11-6-2-4-8-13(11)12;1-2-5-9-7-3-6-8(9)4-1;1-2-4-5-3-1/h1-10,12-13,18-21H,11H2;10-13H,1-9H2;8-9H,1-7H2;1-5H2. The van der Waals surface area contributed by atoms with Crippen LogP contribution in [0.1, 0.15) is 141 Å². The van der Waals surface area contributed by atoms with Gasteiger partial charge in [0.25, 0.3) is 0 Å². The fraction of sp³-hybridized carbons (Fsp3) is 0.667. The molecular formula is C48H66. The maximum Gasteiger partial charge on any atom is -0.00918 e. The lowest BCUT2D eigenvalue weighted by molar-refractivity contribution is 0.184. The van der Waals surface area contributed by atoms with Crippen molar-refractivity contribution in [3.63, 3.8) is 0 Å². The highest BCUT2D eigenvalue weighted by Crippen LogP contribution is 2.54. The molecule has 258 valence electrons. The summed E-state index contributed by atoms with van der Waals surface area (Å²) in [5.41, 5.74) is 0. The molecule has 0 heteroatoms. The third kappa shape index (κ3) is 7.49. The Kier molecular flexibility index (Phi) is 10.9. The highest BCUT2D eigenvalue weighted by molar-refractivity contribution is 5.54. The lowest BCUT2D eigenvalue weighted by Gasteiger charge is -2.32. The van der Waals surface area contributed by atoms with Gasteiger partial charge in [-0.25, -0.2) is 0 Å². The van der Waals surface area contributed by atoms with E-state index in [9.17, 15) is 0 Å². The van der Waals surface area contributed by atoms with Crippen LogP contribution < -0.4 is 20.9 Å². The normalized spacial score (nSPS) is 37.7. The third-order valence-electron chi connectivity index (χ3n) is 15.1. The van der Waals surface area contributed by atoms with E-state index in [0.717, 1.165) is 0 Å². The van der Waals surface area contributed by atoms with Crippen LogP contribution in [0, 0.1) is 59.2 Å². The van der Waals surface area contributed by atoms with Gasteiger partial charge in [0.15, 0.2) is 0 Å². The van der Waals surface area contributed by atoms with Crippen LogP contribution in [-0.2, 0) is 0 Å². The number of hydrogen-bond acceptors (Lipinski definition) is 0. The predicted octanol–water partition coefficient (Wildman–Crippen LogP) is 10.3. The molecule has 9 aliphatic carbocycles. The SMILES string of the molecule is C1=c2ccccc2=CC2C1CC1C=c3ccccc3=CC12.C1CCC2C(C1)CC1CCCCC12.C1CCC2CCCC2C1.C1CCCC1. The molecule has 0 aromatic heterocycles. The van der Waals surface area contributed by atoms with Crippen LogP contribution in [0.4, 0.5) is 0 Å². The second-order valence-electron chi connectivity index (χ2n) is 17.8. The highest BCUT2D eigenvalue weighted by atomic mass is 14.5. The Bertz CT molecular complexity index is 1450. The lowest BCUT2D eigenvalue weighted by Crippen LogP contribution is -2.35. The van der Waals surface area contributed by atoms with Crippen LogP contribution in [-0.4, -0.2) is 0 Å². The first-order chi connectivity index (χ1) is 23.8. The van der Waals surface area contributed by atoms with Crippen molar-refractivity contribution in [2.45, 2.75) is 141 Å². The third-order valence-corrected chi connectivity index (χ3v) is 15.1. The fourth-order valence-corrected chi connectivity index (χ4v) is 12.7. The molecule has 9 aliphatic rings. The van der Waals surface area contributed by atoms with Crippen molar-refractivity contribution in [3.05, 3.63) is 69.4 Å². The van der Waals surface area contributed by atoms with Crippen molar-refractivity contribution in [1.82, 2.24) is 0 Å². The molecular weight excluding hydrogens is 577 g/mol. The highest BCUT2D eigenvalue weighted by Gasteiger charge is 2.44. The summed E-state index contributed by atoms with van der Waals surface area (Å²) in [5.74, 6) is 9.79. The molecule has 0 spiro atoms. The van der Waals surface area contributed by atoms with Crippen molar-refractivity contribution in [2.75, 3.05) is 0 Å². The van der Waals surface area contributed by atoms with Crippen molar-refractivity contribution < 1.29 is 0 Å². The number of rotatable bonds is 0. The molecule has 0 heterocycles. The maximum atomic E-state index is 2.53. The molecule has 2 aromatic rings. The van der Waals surface area contributed by atoms with Gasteiger partial charge in [0.05, 0.1) is 0 Å². The van der Waals surface area contributed by atoms with Crippen LogP contribution in [0.15, 0.2) is 48.5 Å². The van der Waals surface area contributed by atoms with Gasteiger partial charge in [-0.3, -0.25) is 0 Å². The molecule has 0 saturated heterocycles. The summed E-state index contributed by atoms with van der Waals surface area (Å²) < 4.78 is 0. The van der Waals surface area contributed by atoms with Gasteiger partial charge >= 0.3 is 0 Å². The molecule has 2 aromatic carbocycles. The van der Waals surface area contributed by atoms with E-state index in [4.69, 9.17) is 0 Å². The van der Waals surface area contributed by atoms with Gasteiger partial charge in [0.2, 0.25) is 0 Å². The topological polar surface area (TPSA) is 0 Å². The van der Waals surface area contributed by atoms with Gasteiger partial charge in [-0.2, -0.15) is 0 Å². The molecule has 11 rings (SSSR count). The second kappa shape index (κ2) is 15.9. The average Bonchev–Trinajstić information content (AvgIpc) is 3.97. The molecule has 0 N–H and O–H groups in total. The van der Waals surface area contributed by atoms with Crippen molar-refractivity contribution in [2.24, 2.45) is 59.2 Å². The Hall–Kier alpha value is -2.08.